The summed E-state index contributed by atoms with van der Waals surface area (Å²) in [6.45, 7) is 1.37. The summed E-state index contributed by atoms with van der Waals surface area (Å²) in [6.07, 6.45) is 0.434. The Balaban J connectivity index is 3.35. The van der Waals surface area contributed by atoms with Gasteiger partial charge in [0.1, 0.15) is 12.1 Å². The van der Waals surface area contributed by atoms with Crippen LogP contribution in [0.3, 0.4) is 0 Å². The molecule has 16 heavy (non-hydrogen) atoms. The van der Waals surface area contributed by atoms with Gasteiger partial charge in [-0.3, -0.25) is 9.59 Å². The second kappa shape index (κ2) is 4.85. The van der Waals surface area contributed by atoms with Gasteiger partial charge in [0.15, 0.2) is 0 Å². The van der Waals surface area contributed by atoms with Crippen LogP contribution < -0.4 is 5.73 Å². The van der Waals surface area contributed by atoms with E-state index in [9.17, 15) is 14.0 Å². The minimum absolute atomic E-state index is 0.0287. The highest BCUT2D eigenvalue weighted by molar-refractivity contribution is 5.84. The van der Waals surface area contributed by atoms with Gasteiger partial charge in [-0.25, -0.2) is 4.39 Å². The Morgan fingerprint density at radius 2 is 2.25 bits per heavy atom. The van der Waals surface area contributed by atoms with E-state index in [2.05, 4.69) is 0 Å². The van der Waals surface area contributed by atoms with Crippen LogP contribution in [0.5, 0.6) is 0 Å². The molecule has 1 aromatic carbocycles. The molecule has 0 aliphatic heterocycles. The molecule has 86 valence electrons. The zero-order valence-electron chi connectivity index (χ0n) is 8.74. The minimum Gasteiger partial charge on any atom is -0.481 e. The van der Waals surface area contributed by atoms with E-state index in [1.807, 2.05) is 0 Å². The first-order valence-electron chi connectivity index (χ1n) is 4.69. The Morgan fingerprint density at radius 3 is 2.69 bits per heavy atom. The summed E-state index contributed by atoms with van der Waals surface area (Å²) in [5.74, 6) is -2.65. The van der Waals surface area contributed by atoms with Gasteiger partial charge in [-0.2, -0.15) is 0 Å². The first-order valence-corrected chi connectivity index (χ1v) is 4.69. The molecule has 0 saturated carbocycles. The number of carbonyl (C=O) groups is 2. The first-order chi connectivity index (χ1) is 7.51. The lowest BCUT2D eigenvalue weighted by atomic mass is 9.93. The lowest BCUT2D eigenvalue weighted by Gasteiger charge is -2.13. The predicted molar refractivity (Wildman–Crippen MR) is 56.0 cm³/mol. The van der Waals surface area contributed by atoms with Crippen molar-refractivity contribution in [3.63, 3.8) is 0 Å². The van der Waals surface area contributed by atoms with Gasteiger partial charge in [0.05, 0.1) is 5.92 Å². The van der Waals surface area contributed by atoms with Crippen molar-refractivity contribution in [1.82, 2.24) is 0 Å². The molecule has 0 spiro atoms. The summed E-state index contributed by atoms with van der Waals surface area (Å²) >= 11 is 0. The van der Waals surface area contributed by atoms with E-state index in [0.717, 1.165) is 6.07 Å². The number of benzene rings is 1. The van der Waals surface area contributed by atoms with Gasteiger partial charge in [-0.05, 0) is 24.1 Å². The molecular formula is C11H12FNO3. The smallest absolute Gasteiger partial charge is 0.312 e. The van der Waals surface area contributed by atoms with Crippen molar-refractivity contribution < 1.29 is 19.1 Å². The van der Waals surface area contributed by atoms with E-state index < -0.39 is 17.7 Å². The number of aliphatic carboxylic acids is 1. The maximum atomic E-state index is 13.2. The summed E-state index contributed by atoms with van der Waals surface area (Å²) < 4.78 is 13.2. The molecule has 0 heterocycles. The van der Waals surface area contributed by atoms with Crippen LogP contribution in [0.1, 0.15) is 27.4 Å². The van der Waals surface area contributed by atoms with Crippen molar-refractivity contribution in [2.24, 2.45) is 5.73 Å². The molecule has 0 amide bonds. The zero-order chi connectivity index (χ0) is 12.3. The third-order valence-corrected chi connectivity index (χ3v) is 2.40. The Kier molecular flexibility index (Phi) is 3.73. The normalized spacial score (nSPS) is 12.2. The van der Waals surface area contributed by atoms with Gasteiger partial charge >= 0.3 is 5.97 Å². The molecule has 0 aliphatic carbocycles. The second-order valence-electron chi connectivity index (χ2n) is 3.47. The summed E-state index contributed by atoms with van der Waals surface area (Å²) in [4.78, 5) is 21.6. The van der Waals surface area contributed by atoms with Gasteiger partial charge < -0.3 is 10.8 Å². The van der Waals surface area contributed by atoms with Gasteiger partial charge in [0, 0.05) is 12.1 Å². The molecule has 0 saturated heterocycles. The largest absolute Gasteiger partial charge is 0.481 e. The van der Waals surface area contributed by atoms with Crippen LogP contribution in [-0.4, -0.2) is 23.9 Å². The SMILES string of the molecule is Cc1cc(C(CN)C(=O)O)c(C=O)cc1F. The molecule has 1 rings (SSSR count). The van der Waals surface area contributed by atoms with Crippen LogP contribution in [0.15, 0.2) is 12.1 Å². The summed E-state index contributed by atoms with van der Waals surface area (Å²) in [7, 11) is 0. The maximum Gasteiger partial charge on any atom is 0.312 e. The summed E-state index contributed by atoms with van der Waals surface area (Å²) in [6, 6.07) is 2.38. The molecule has 0 fully saturated rings. The maximum absolute atomic E-state index is 13.2. The van der Waals surface area contributed by atoms with Gasteiger partial charge in [-0.1, -0.05) is 6.07 Å². The van der Waals surface area contributed by atoms with E-state index in [1.54, 1.807) is 0 Å². The number of aldehydes is 1. The quantitative estimate of drug-likeness (QED) is 0.751. The molecule has 0 aliphatic rings. The highest BCUT2D eigenvalue weighted by atomic mass is 19.1. The second-order valence-corrected chi connectivity index (χ2v) is 3.47. The van der Waals surface area contributed by atoms with Gasteiger partial charge in [0.25, 0.3) is 0 Å². The Labute approximate surface area is 91.9 Å². The van der Waals surface area contributed by atoms with E-state index in [1.165, 1.54) is 13.0 Å². The van der Waals surface area contributed by atoms with Gasteiger partial charge in [-0.15, -0.1) is 0 Å². The van der Waals surface area contributed by atoms with Crippen molar-refractivity contribution in [2.75, 3.05) is 6.54 Å². The lowest BCUT2D eigenvalue weighted by Crippen LogP contribution is -2.22. The fourth-order valence-electron chi connectivity index (χ4n) is 1.48. The fraction of sp³-hybridized carbons (Fsp3) is 0.273. The first kappa shape index (κ1) is 12.3. The summed E-state index contributed by atoms with van der Waals surface area (Å²) in [5.41, 5.74) is 5.90. The number of rotatable bonds is 4. The van der Waals surface area contributed by atoms with Crippen LogP contribution in [0.25, 0.3) is 0 Å². The molecule has 1 aromatic rings. The van der Waals surface area contributed by atoms with Gasteiger partial charge in [0.2, 0.25) is 0 Å². The molecule has 5 heteroatoms. The third-order valence-electron chi connectivity index (χ3n) is 2.40. The zero-order valence-corrected chi connectivity index (χ0v) is 8.74. The van der Waals surface area contributed by atoms with Crippen molar-refractivity contribution in [3.05, 3.63) is 34.6 Å². The molecule has 3 N–H and O–H groups in total. The number of hydrogen-bond acceptors (Lipinski definition) is 3. The molecule has 1 atom stereocenters. The highest BCUT2D eigenvalue weighted by Gasteiger charge is 2.22. The molecule has 1 unspecified atom stereocenters. The average Bonchev–Trinajstić information content (AvgIpc) is 2.23. The molecule has 0 radical (unpaired) electrons. The molecule has 4 nitrogen and oxygen atoms in total. The number of carboxylic acid groups (broad SMARTS) is 1. The Morgan fingerprint density at radius 1 is 1.62 bits per heavy atom. The number of carbonyl (C=O) groups excluding carboxylic acids is 1. The molecular weight excluding hydrogens is 213 g/mol. The molecule has 0 bridgehead atoms. The van der Waals surface area contributed by atoms with Crippen LogP contribution in [0, 0.1) is 12.7 Å². The summed E-state index contributed by atoms with van der Waals surface area (Å²) in [5, 5.41) is 8.92. The highest BCUT2D eigenvalue weighted by Crippen LogP contribution is 2.22. The topological polar surface area (TPSA) is 80.4 Å². The van der Waals surface area contributed by atoms with E-state index >= 15 is 0 Å². The lowest BCUT2D eigenvalue weighted by molar-refractivity contribution is -0.138. The van der Waals surface area contributed by atoms with Crippen molar-refractivity contribution >= 4 is 12.3 Å². The average molecular weight is 225 g/mol. The van der Waals surface area contributed by atoms with E-state index in [-0.39, 0.29) is 17.7 Å². The third kappa shape index (κ3) is 2.25. The molecule has 0 aromatic heterocycles. The van der Waals surface area contributed by atoms with Crippen LogP contribution in [0.2, 0.25) is 0 Å². The van der Waals surface area contributed by atoms with E-state index in [0.29, 0.717) is 11.8 Å². The standard InChI is InChI=1S/C11H12FNO3/c1-6-2-8(9(4-13)11(15)16)7(5-14)3-10(6)12/h2-3,5,9H,4,13H2,1H3,(H,15,16). The van der Waals surface area contributed by atoms with Crippen LogP contribution in [-0.2, 0) is 4.79 Å². The Bertz CT molecular complexity index is 431. The number of halogens is 1. The fourth-order valence-corrected chi connectivity index (χ4v) is 1.48. The van der Waals surface area contributed by atoms with Crippen LogP contribution >= 0.6 is 0 Å². The number of carboxylic acids is 1. The Hall–Kier alpha value is -1.75. The number of hydrogen-bond donors (Lipinski definition) is 2. The monoisotopic (exact) mass is 225 g/mol. The van der Waals surface area contributed by atoms with Crippen molar-refractivity contribution in [1.29, 1.82) is 0 Å². The minimum atomic E-state index is -1.13. The van der Waals surface area contributed by atoms with E-state index in [4.69, 9.17) is 10.8 Å². The van der Waals surface area contributed by atoms with Crippen molar-refractivity contribution in [2.45, 2.75) is 12.8 Å². The predicted octanol–water partition coefficient (Wildman–Crippen LogP) is 1.07. The van der Waals surface area contributed by atoms with Crippen LogP contribution in [0.4, 0.5) is 4.39 Å². The number of nitrogens with two attached hydrogens (primary N) is 1. The van der Waals surface area contributed by atoms with Crippen molar-refractivity contribution in [3.8, 4) is 0 Å². The number of aryl methyl sites for hydroxylation is 1.